The summed E-state index contributed by atoms with van der Waals surface area (Å²) in [6.07, 6.45) is 9.97. The highest BCUT2D eigenvalue weighted by Crippen LogP contribution is 2.50. The fourth-order valence-corrected chi connectivity index (χ4v) is 9.72. The number of hydrogen-bond acceptors (Lipinski definition) is 8. The van der Waals surface area contributed by atoms with Crippen LogP contribution in [-0.2, 0) is 44.2 Å². The molecule has 0 bridgehead atoms. The van der Waals surface area contributed by atoms with Gasteiger partial charge in [-0.25, -0.2) is 18.0 Å². The minimum atomic E-state index is -4.73. The number of halogens is 1. The molecule has 7 rings (SSSR count). The van der Waals surface area contributed by atoms with Gasteiger partial charge in [0.05, 0.1) is 26.3 Å². The number of nitrogens with zero attached hydrogens (tertiary/aromatic N) is 2. The van der Waals surface area contributed by atoms with Crippen molar-refractivity contribution in [1.29, 1.82) is 0 Å². The monoisotopic (exact) mass is 882 g/mol. The van der Waals surface area contributed by atoms with Crippen LogP contribution < -0.4 is 4.90 Å². The molecule has 61 heavy (non-hydrogen) atoms. The van der Waals surface area contributed by atoms with Crippen LogP contribution >= 0.6 is 11.6 Å². The summed E-state index contributed by atoms with van der Waals surface area (Å²) in [6.45, 7) is 8.49. The molecule has 2 aliphatic heterocycles. The first-order valence-electron chi connectivity index (χ1n) is 19.3. The Labute approximate surface area is 359 Å². The number of rotatable bonds is 11. The summed E-state index contributed by atoms with van der Waals surface area (Å²) < 4.78 is 72.5. The van der Waals surface area contributed by atoms with E-state index < -0.39 is 43.0 Å². The third-order valence-corrected chi connectivity index (χ3v) is 13.9. The van der Waals surface area contributed by atoms with Crippen molar-refractivity contribution in [2.24, 2.45) is 0 Å². The maximum atomic E-state index is 12.2. The fraction of sp³-hybridized carbons (Fsp3) is 0.239. The zero-order valence-corrected chi connectivity index (χ0v) is 36.1. The number of hydrogen-bond donors (Lipinski definition) is 3. The van der Waals surface area contributed by atoms with Gasteiger partial charge in [0.2, 0.25) is 5.69 Å². The molecule has 0 atom stereocenters. The quantitative estimate of drug-likeness (QED) is 0.0963. The van der Waals surface area contributed by atoms with Gasteiger partial charge < -0.3 is 19.7 Å². The Morgan fingerprint density at radius 1 is 0.770 bits per heavy atom. The van der Waals surface area contributed by atoms with Crippen LogP contribution in [0.2, 0.25) is 0 Å². The van der Waals surface area contributed by atoms with Crippen LogP contribution in [-0.4, -0.2) is 58.4 Å². The van der Waals surface area contributed by atoms with Gasteiger partial charge in [-0.15, -0.1) is 0 Å². The highest BCUT2D eigenvalue weighted by Gasteiger charge is 2.45. The van der Waals surface area contributed by atoms with E-state index in [9.17, 15) is 45.7 Å². The number of fused-ring (bicyclic) bond motifs is 2. The first-order valence-corrected chi connectivity index (χ1v) is 22.6. The molecule has 0 radical (unpaired) electrons. The number of carboxylic acids is 2. The van der Waals surface area contributed by atoms with Gasteiger partial charge in [0.1, 0.15) is 10.1 Å². The van der Waals surface area contributed by atoms with Crippen molar-refractivity contribution < 1.29 is 50.3 Å². The number of carboxylic acid groups (broad SMARTS) is 2. The number of aromatic carboxylic acids is 2. The molecule has 3 N–H and O–H groups in total. The number of benzene rings is 4. The molecule has 0 amide bonds. The molecule has 0 fully saturated rings. The molecule has 1 aliphatic carbocycles. The zero-order valence-electron chi connectivity index (χ0n) is 33.7. The van der Waals surface area contributed by atoms with E-state index in [4.69, 9.17) is 11.6 Å². The van der Waals surface area contributed by atoms with E-state index in [2.05, 4.69) is 0 Å². The van der Waals surface area contributed by atoms with Crippen LogP contribution in [0.5, 0.6) is 0 Å². The van der Waals surface area contributed by atoms with E-state index in [1.807, 2.05) is 61.5 Å². The van der Waals surface area contributed by atoms with Crippen LogP contribution in [0.25, 0.3) is 0 Å². The minimum Gasteiger partial charge on any atom is -0.744 e. The van der Waals surface area contributed by atoms with Crippen molar-refractivity contribution in [2.75, 3.05) is 4.90 Å². The lowest BCUT2D eigenvalue weighted by molar-refractivity contribution is -0.455. The molecule has 0 saturated carbocycles. The number of carbonyl (C=O) groups is 2. The molecule has 12 nitrogen and oxygen atoms in total. The highest BCUT2D eigenvalue weighted by atomic mass is 35.5. The summed E-state index contributed by atoms with van der Waals surface area (Å²) in [5.74, 6) is -2.09. The zero-order chi connectivity index (χ0) is 44.2. The third kappa shape index (κ3) is 8.51. The Kier molecular flexibility index (Phi) is 11.4. The Hall–Kier alpha value is -5.64. The molecule has 15 heteroatoms. The van der Waals surface area contributed by atoms with E-state index in [0.717, 1.165) is 45.8 Å². The normalized spacial score (nSPS) is 18.6. The van der Waals surface area contributed by atoms with E-state index >= 15 is 0 Å². The average Bonchev–Trinajstić information content (AvgIpc) is 3.53. The Balaban J connectivity index is 1.28. The molecule has 3 aliphatic rings. The van der Waals surface area contributed by atoms with E-state index in [1.165, 1.54) is 48.5 Å². The predicted molar refractivity (Wildman–Crippen MR) is 230 cm³/mol. The number of allylic oxidation sites excluding steroid dienone is 8. The lowest BCUT2D eigenvalue weighted by atomic mass is 9.81. The molecule has 0 unspecified atom stereocenters. The lowest BCUT2D eigenvalue weighted by Gasteiger charge is -2.27. The minimum absolute atomic E-state index is 0.144. The summed E-state index contributed by atoms with van der Waals surface area (Å²) in [5.41, 5.74) is 6.58. The van der Waals surface area contributed by atoms with Crippen molar-refractivity contribution in [2.45, 2.75) is 80.7 Å². The van der Waals surface area contributed by atoms with Crippen LogP contribution in [0.4, 0.5) is 11.4 Å². The van der Waals surface area contributed by atoms with Crippen molar-refractivity contribution in [3.8, 4) is 0 Å². The summed E-state index contributed by atoms with van der Waals surface area (Å²) in [5, 5.41) is 19.4. The summed E-state index contributed by atoms with van der Waals surface area (Å²) in [4.78, 5) is 24.5. The molecule has 4 aromatic rings. The summed E-state index contributed by atoms with van der Waals surface area (Å²) in [7, 11) is -9.22. The van der Waals surface area contributed by atoms with Gasteiger partial charge in [-0.3, -0.25) is 4.55 Å². The second kappa shape index (κ2) is 16.0. The second-order valence-corrected chi connectivity index (χ2v) is 19.5. The average molecular weight is 883 g/mol. The standard InChI is InChI=1S/C46H43ClN2O10S2/c1-45(2)36-24-34(60(54,55)56)18-20-38(36)48(26-28-8-12-32(13-9-28)43(50)51)40(45)22-16-30-6-5-7-31(42(30)47)17-23-41-46(3,4)37-25-35(61(57,58)59)19-21-39(37)49(41)27-29-10-14-33(15-11-29)44(52)53/h8-25H,5-7,26-27H2,1-4H3,(H3-,50,51,52,53,54,55,56,57,58,59). The van der Waals surface area contributed by atoms with Gasteiger partial charge in [-0.2, -0.15) is 13.0 Å². The lowest BCUT2D eigenvalue weighted by Crippen LogP contribution is -2.27. The first kappa shape index (κ1) is 43.4. The van der Waals surface area contributed by atoms with Crippen molar-refractivity contribution in [1.82, 2.24) is 0 Å². The molecular formula is C46H43ClN2O10S2. The Morgan fingerprint density at radius 2 is 1.36 bits per heavy atom. The van der Waals surface area contributed by atoms with Crippen molar-refractivity contribution in [3.05, 3.63) is 164 Å². The van der Waals surface area contributed by atoms with E-state index in [1.54, 1.807) is 36.4 Å². The SMILES string of the molecule is CC1(C)C(/C=C/C2=C(Cl)C(=C\C=C3\N(Cc4ccc(C(=O)O)cc4)c4ccc(S(=O)(=O)O)cc4C3(C)C)/CCC2)=[N+](Cc2ccc(C(=O)O)cc2)c2ccc(S(=O)(=O)[O-])cc21. The van der Waals surface area contributed by atoms with Gasteiger partial charge in [0, 0.05) is 51.6 Å². The smallest absolute Gasteiger partial charge is 0.335 e. The van der Waals surface area contributed by atoms with E-state index in [0.29, 0.717) is 47.8 Å². The molecular weight excluding hydrogens is 840 g/mol. The van der Waals surface area contributed by atoms with Gasteiger partial charge in [0.15, 0.2) is 12.3 Å². The second-order valence-electron chi connectivity index (χ2n) is 16.4. The Bertz CT molecular complexity index is 2890. The Morgan fingerprint density at radius 3 is 1.95 bits per heavy atom. The predicted octanol–water partition coefficient (Wildman–Crippen LogP) is 8.85. The molecule has 2 heterocycles. The summed E-state index contributed by atoms with van der Waals surface area (Å²) in [6, 6.07) is 21.9. The third-order valence-electron chi connectivity index (χ3n) is 11.7. The van der Waals surface area contributed by atoms with Crippen LogP contribution in [0.3, 0.4) is 0 Å². The molecule has 0 saturated heterocycles. The van der Waals surface area contributed by atoms with Gasteiger partial charge >= 0.3 is 11.9 Å². The maximum Gasteiger partial charge on any atom is 0.335 e. The fourth-order valence-electron chi connectivity index (χ4n) is 8.40. The van der Waals surface area contributed by atoms with Crippen molar-refractivity contribution >= 4 is 60.9 Å². The highest BCUT2D eigenvalue weighted by molar-refractivity contribution is 7.86. The first-order chi connectivity index (χ1) is 28.6. The van der Waals surface area contributed by atoms with Crippen molar-refractivity contribution in [3.63, 3.8) is 0 Å². The van der Waals surface area contributed by atoms with Crippen LogP contribution in [0.15, 0.2) is 141 Å². The molecule has 0 aromatic heterocycles. The van der Waals surface area contributed by atoms with Gasteiger partial charge in [-0.1, -0.05) is 61.9 Å². The molecule has 0 spiro atoms. The molecule has 4 aromatic carbocycles. The van der Waals surface area contributed by atoms with Crippen LogP contribution in [0.1, 0.15) is 89.9 Å². The molecule has 316 valence electrons. The van der Waals surface area contributed by atoms with E-state index in [-0.39, 0.29) is 20.9 Å². The summed E-state index contributed by atoms with van der Waals surface area (Å²) >= 11 is 7.20. The van der Waals surface area contributed by atoms with Gasteiger partial charge in [0.25, 0.3) is 10.1 Å². The van der Waals surface area contributed by atoms with Gasteiger partial charge in [-0.05, 0) is 116 Å². The topological polar surface area (TPSA) is 192 Å². The van der Waals surface area contributed by atoms with Crippen LogP contribution in [0, 0.1) is 0 Å². The maximum absolute atomic E-state index is 12.2. The number of anilines is 1. The largest absolute Gasteiger partial charge is 0.744 e.